The fourth-order valence-corrected chi connectivity index (χ4v) is 7.15. The average molecular weight is 551 g/mol. The van der Waals surface area contributed by atoms with E-state index >= 15 is 0 Å². The molecule has 0 saturated heterocycles. The van der Waals surface area contributed by atoms with Crippen LogP contribution in [-0.4, -0.2) is 0 Å². The lowest BCUT2D eigenvalue weighted by molar-refractivity contribution is 0.615. The van der Waals surface area contributed by atoms with Gasteiger partial charge in [-0.05, 0) is 86.3 Å². The molecule has 0 bridgehead atoms. The topological polar surface area (TPSA) is 39.4 Å². The van der Waals surface area contributed by atoms with E-state index < -0.39 is 0 Å². The lowest BCUT2D eigenvalue weighted by atomic mass is 9.85. The van der Waals surface area contributed by atoms with Crippen LogP contribution in [0.15, 0.2) is 147 Å². The van der Waals surface area contributed by atoms with Crippen molar-refractivity contribution in [3.05, 3.63) is 134 Å². The van der Waals surface area contributed by atoms with Crippen molar-refractivity contribution in [1.82, 2.24) is 0 Å². The molecule has 3 aromatic heterocycles. The average Bonchev–Trinajstić information content (AvgIpc) is 3.78. The van der Waals surface area contributed by atoms with Gasteiger partial charge in [0.05, 0.1) is 11.6 Å². The highest BCUT2D eigenvalue weighted by molar-refractivity contribution is 6.27. The van der Waals surface area contributed by atoms with Crippen LogP contribution in [0.1, 0.15) is 0 Å². The fourth-order valence-electron chi connectivity index (χ4n) is 7.15. The van der Waals surface area contributed by atoms with E-state index in [1.807, 2.05) is 24.3 Å². The second-order valence-corrected chi connectivity index (χ2v) is 11.2. The van der Waals surface area contributed by atoms with Crippen molar-refractivity contribution in [3.63, 3.8) is 0 Å². The predicted molar refractivity (Wildman–Crippen MR) is 177 cm³/mol. The summed E-state index contributed by atoms with van der Waals surface area (Å²) in [6.45, 7) is 0. The maximum Gasteiger partial charge on any atom is 0.146 e. The summed E-state index contributed by atoms with van der Waals surface area (Å²) in [5, 5.41) is 10.3. The second kappa shape index (κ2) is 8.37. The van der Waals surface area contributed by atoms with Crippen LogP contribution in [-0.2, 0) is 0 Å². The van der Waals surface area contributed by atoms with Crippen molar-refractivity contribution in [2.75, 3.05) is 0 Å². The molecule has 0 fully saturated rings. The molecular formula is C40H22O3. The number of fused-ring (bicyclic) bond motifs is 10. The number of hydrogen-bond donors (Lipinski definition) is 0. The van der Waals surface area contributed by atoms with E-state index in [0.29, 0.717) is 0 Å². The summed E-state index contributed by atoms with van der Waals surface area (Å²) < 4.78 is 18.5. The van der Waals surface area contributed by atoms with E-state index in [4.69, 9.17) is 13.3 Å². The van der Waals surface area contributed by atoms with E-state index in [1.165, 1.54) is 32.7 Å². The molecule has 0 radical (unpaired) electrons. The fraction of sp³-hybridized carbons (Fsp3) is 0. The van der Waals surface area contributed by atoms with Crippen LogP contribution >= 0.6 is 0 Å². The smallest absolute Gasteiger partial charge is 0.146 e. The number of hydrogen-bond acceptors (Lipinski definition) is 3. The molecule has 0 saturated carbocycles. The van der Waals surface area contributed by atoms with Gasteiger partial charge in [0.25, 0.3) is 0 Å². The minimum atomic E-state index is 0.829. The van der Waals surface area contributed by atoms with Gasteiger partial charge in [0.15, 0.2) is 0 Å². The zero-order valence-electron chi connectivity index (χ0n) is 22.9. The Morgan fingerprint density at radius 1 is 0.372 bits per heavy atom. The molecule has 7 aromatic carbocycles. The van der Waals surface area contributed by atoms with Gasteiger partial charge in [0, 0.05) is 21.5 Å². The molecule has 0 aliphatic carbocycles. The molecule has 3 nitrogen and oxygen atoms in total. The van der Waals surface area contributed by atoms with Gasteiger partial charge in [0.2, 0.25) is 0 Å². The summed E-state index contributed by atoms with van der Waals surface area (Å²) in [6, 6.07) is 44.9. The maximum atomic E-state index is 6.50. The van der Waals surface area contributed by atoms with Crippen LogP contribution in [0.5, 0.6) is 0 Å². The van der Waals surface area contributed by atoms with Crippen LogP contribution in [0, 0.1) is 0 Å². The predicted octanol–water partition coefficient (Wildman–Crippen LogP) is 11.9. The zero-order chi connectivity index (χ0) is 28.1. The van der Waals surface area contributed by atoms with E-state index in [0.717, 1.165) is 66.0 Å². The molecule has 200 valence electrons. The Morgan fingerprint density at radius 2 is 1.02 bits per heavy atom. The first kappa shape index (κ1) is 22.8. The molecule has 10 aromatic rings. The molecule has 10 rings (SSSR count). The first-order valence-corrected chi connectivity index (χ1v) is 14.5. The van der Waals surface area contributed by atoms with Gasteiger partial charge < -0.3 is 13.3 Å². The first-order valence-electron chi connectivity index (χ1n) is 14.5. The Kier molecular flexibility index (Phi) is 4.45. The van der Waals surface area contributed by atoms with Gasteiger partial charge in [0.1, 0.15) is 27.9 Å². The monoisotopic (exact) mass is 550 g/mol. The third-order valence-corrected chi connectivity index (χ3v) is 8.96. The minimum Gasteiger partial charge on any atom is -0.464 e. The van der Waals surface area contributed by atoms with Crippen molar-refractivity contribution in [2.45, 2.75) is 0 Å². The Labute approximate surface area is 245 Å². The Balaban J connectivity index is 1.33. The van der Waals surface area contributed by atoms with Crippen molar-refractivity contribution in [1.29, 1.82) is 0 Å². The van der Waals surface area contributed by atoms with E-state index in [9.17, 15) is 0 Å². The molecule has 0 aliphatic rings. The normalized spacial score (nSPS) is 12.2. The van der Waals surface area contributed by atoms with E-state index in [1.54, 1.807) is 6.26 Å². The lowest BCUT2D eigenvalue weighted by Gasteiger charge is -2.18. The SMILES string of the molecule is c1ccc2c(c1)oc1cc(-c3c4ccccc4c(-c4cccc5oc6c7ccoc7ccc6c45)c4ccccc34)ccc12. The third kappa shape index (κ3) is 3.08. The summed E-state index contributed by atoms with van der Waals surface area (Å²) in [6.07, 6.45) is 1.72. The molecule has 0 aliphatic heterocycles. The largest absolute Gasteiger partial charge is 0.464 e. The number of benzene rings is 7. The van der Waals surface area contributed by atoms with Crippen LogP contribution in [0.3, 0.4) is 0 Å². The molecule has 0 unspecified atom stereocenters. The molecule has 3 heteroatoms. The van der Waals surface area contributed by atoms with Gasteiger partial charge in [-0.1, -0.05) is 84.9 Å². The number of rotatable bonds is 2. The minimum absolute atomic E-state index is 0.829. The molecule has 0 amide bonds. The van der Waals surface area contributed by atoms with Crippen LogP contribution in [0.4, 0.5) is 0 Å². The van der Waals surface area contributed by atoms with Gasteiger partial charge in [-0.15, -0.1) is 0 Å². The van der Waals surface area contributed by atoms with Crippen molar-refractivity contribution in [2.24, 2.45) is 0 Å². The highest BCUT2D eigenvalue weighted by Crippen LogP contribution is 2.48. The maximum absolute atomic E-state index is 6.50. The highest BCUT2D eigenvalue weighted by atomic mass is 16.3. The standard InChI is InChI=1S/C40H22O3/c1-3-11-28-26(9-1)37(23-16-17-25-24-8-5-6-14-34(24)42-36(25)22-23)27-10-2-4-12-29(27)38(28)31-13-7-15-35-39(31)32-18-19-33-30(20-21-41-33)40(32)43-35/h1-22H. The Hall–Kier alpha value is -5.80. The quantitative estimate of drug-likeness (QED) is 0.201. The zero-order valence-corrected chi connectivity index (χ0v) is 22.9. The lowest BCUT2D eigenvalue weighted by Crippen LogP contribution is -1.91. The summed E-state index contributed by atoms with van der Waals surface area (Å²) in [4.78, 5) is 0. The molecular weight excluding hydrogens is 528 g/mol. The first-order chi connectivity index (χ1) is 21.3. The van der Waals surface area contributed by atoms with Crippen LogP contribution in [0.25, 0.3) is 98.6 Å². The van der Waals surface area contributed by atoms with Gasteiger partial charge in [-0.3, -0.25) is 0 Å². The Morgan fingerprint density at radius 3 is 1.81 bits per heavy atom. The summed E-state index contributed by atoms with van der Waals surface area (Å²) >= 11 is 0. The van der Waals surface area contributed by atoms with E-state index in [-0.39, 0.29) is 0 Å². The van der Waals surface area contributed by atoms with Crippen molar-refractivity contribution < 1.29 is 13.3 Å². The third-order valence-electron chi connectivity index (χ3n) is 8.96. The number of furan rings is 3. The van der Waals surface area contributed by atoms with Gasteiger partial charge in [-0.25, -0.2) is 0 Å². The van der Waals surface area contributed by atoms with Gasteiger partial charge >= 0.3 is 0 Å². The highest BCUT2D eigenvalue weighted by Gasteiger charge is 2.21. The van der Waals surface area contributed by atoms with Crippen LogP contribution in [0.2, 0.25) is 0 Å². The molecule has 0 spiro atoms. The second-order valence-electron chi connectivity index (χ2n) is 11.2. The molecule has 0 N–H and O–H groups in total. The summed E-state index contributed by atoms with van der Waals surface area (Å²) in [5.74, 6) is 0. The van der Waals surface area contributed by atoms with E-state index in [2.05, 4.69) is 103 Å². The summed E-state index contributed by atoms with van der Waals surface area (Å²) in [5.41, 5.74) is 9.08. The molecule has 43 heavy (non-hydrogen) atoms. The molecule has 0 atom stereocenters. The number of para-hydroxylation sites is 1. The van der Waals surface area contributed by atoms with Crippen molar-refractivity contribution in [3.8, 4) is 22.3 Å². The molecule has 3 heterocycles. The van der Waals surface area contributed by atoms with Gasteiger partial charge in [-0.2, -0.15) is 0 Å². The Bertz CT molecular complexity index is 2680. The van der Waals surface area contributed by atoms with Crippen molar-refractivity contribution >= 4 is 76.4 Å². The summed E-state index contributed by atoms with van der Waals surface area (Å²) in [7, 11) is 0. The van der Waals surface area contributed by atoms with Crippen LogP contribution < -0.4 is 0 Å².